The quantitative estimate of drug-likeness (QED) is 0.489. The molecule has 2 rings (SSSR count). The van der Waals surface area contributed by atoms with Gasteiger partial charge < -0.3 is 25.7 Å². The first-order valence-electron chi connectivity index (χ1n) is 8.06. The number of thioether (sulfide) groups is 1. The standard InChI is InChI=1S/C15H27NO5S/c1-8-12(19)13(20)14(21)15(22-8)9-4-2-3-5-10(9)16-7-6-11(17)18/h8-10,12-16,19-21H,2-7H2,1H3,(H,17,18)/t8-,9?,10?,12+,13+,14-,15-/m0/s1. The minimum Gasteiger partial charge on any atom is -0.481 e. The molecular weight excluding hydrogens is 306 g/mol. The Morgan fingerprint density at radius 3 is 2.50 bits per heavy atom. The lowest BCUT2D eigenvalue weighted by Crippen LogP contribution is -2.57. The molecule has 2 unspecified atom stereocenters. The highest BCUT2D eigenvalue weighted by molar-refractivity contribution is 8.00. The summed E-state index contributed by atoms with van der Waals surface area (Å²) in [5.41, 5.74) is 0. The van der Waals surface area contributed by atoms with E-state index >= 15 is 0 Å². The van der Waals surface area contributed by atoms with E-state index in [1.165, 1.54) is 0 Å². The first kappa shape index (κ1) is 18.0. The molecule has 0 amide bonds. The van der Waals surface area contributed by atoms with Crippen LogP contribution in [0.5, 0.6) is 0 Å². The third kappa shape index (κ3) is 4.14. The topological polar surface area (TPSA) is 110 Å². The molecule has 1 saturated heterocycles. The predicted octanol–water partition coefficient (Wildman–Crippen LogP) is 0.196. The molecule has 128 valence electrons. The maximum absolute atomic E-state index is 10.7. The maximum Gasteiger partial charge on any atom is 0.304 e. The summed E-state index contributed by atoms with van der Waals surface area (Å²) in [6, 6.07) is 0.162. The molecule has 6 nitrogen and oxygen atoms in total. The van der Waals surface area contributed by atoms with Crippen molar-refractivity contribution in [2.75, 3.05) is 6.54 Å². The van der Waals surface area contributed by atoms with Crippen LogP contribution in [0.1, 0.15) is 39.0 Å². The van der Waals surface area contributed by atoms with Gasteiger partial charge in [-0.15, -0.1) is 11.8 Å². The highest BCUT2D eigenvalue weighted by Crippen LogP contribution is 2.41. The lowest BCUT2D eigenvalue weighted by Gasteiger charge is -2.46. The van der Waals surface area contributed by atoms with Gasteiger partial charge in [0, 0.05) is 23.1 Å². The van der Waals surface area contributed by atoms with Crippen LogP contribution in [0.2, 0.25) is 0 Å². The van der Waals surface area contributed by atoms with Crippen LogP contribution < -0.4 is 5.32 Å². The molecule has 1 aliphatic carbocycles. The van der Waals surface area contributed by atoms with Crippen molar-refractivity contribution in [2.45, 2.75) is 73.9 Å². The molecule has 0 aromatic heterocycles. The third-order valence-corrected chi connectivity index (χ3v) is 6.53. The number of aliphatic hydroxyl groups excluding tert-OH is 3. The van der Waals surface area contributed by atoms with E-state index in [-0.39, 0.29) is 28.9 Å². The molecule has 7 atom stereocenters. The molecule has 0 bridgehead atoms. The van der Waals surface area contributed by atoms with Gasteiger partial charge >= 0.3 is 5.97 Å². The van der Waals surface area contributed by atoms with Crippen molar-refractivity contribution < 1.29 is 25.2 Å². The van der Waals surface area contributed by atoms with Gasteiger partial charge in [0.15, 0.2) is 0 Å². The van der Waals surface area contributed by atoms with Crippen molar-refractivity contribution in [1.82, 2.24) is 5.32 Å². The van der Waals surface area contributed by atoms with E-state index in [1.54, 1.807) is 11.8 Å². The van der Waals surface area contributed by atoms with E-state index in [4.69, 9.17) is 5.11 Å². The minimum absolute atomic E-state index is 0.0846. The molecule has 0 radical (unpaired) electrons. The Labute approximate surface area is 135 Å². The number of hydrogen-bond donors (Lipinski definition) is 5. The largest absolute Gasteiger partial charge is 0.481 e. The zero-order chi connectivity index (χ0) is 16.3. The lowest BCUT2D eigenvalue weighted by atomic mass is 9.79. The summed E-state index contributed by atoms with van der Waals surface area (Å²) in [7, 11) is 0. The van der Waals surface area contributed by atoms with Crippen molar-refractivity contribution >= 4 is 17.7 Å². The van der Waals surface area contributed by atoms with Gasteiger partial charge in [-0.25, -0.2) is 0 Å². The van der Waals surface area contributed by atoms with Crippen LogP contribution in [-0.4, -0.2) is 67.8 Å². The monoisotopic (exact) mass is 333 g/mol. The Kier molecular flexibility index (Phi) is 6.52. The first-order valence-corrected chi connectivity index (χ1v) is 9.01. The van der Waals surface area contributed by atoms with Crippen LogP contribution in [0, 0.1) is 5.92 Å². The number of nitrogens with one attached hydrogen (secondary N) is 1. The molecule has 7 heteroatoms. The number of carboxylic acids is 1. The second kappa shape index (κ2) is 7.97. The number of rotatable bonds is 5. The summed E-state index contributed by atoms with van der Waals surface area (Å²) in [6.07, 6.45) is 1.22. The average molecular weight is 333 g/mol. The van der Waals surface area contributed by atoms with Crippen molar-refractivity contribution in [3.63, 3.8) is 0 Å². The van der Waals surface area contributed by atoms with Gasteiger partial charge in [-0.1, -0.05) is 19.8 Å². The van der Waals surface area contributed by atoms with Gasteiger partial charge in [-0.05, 0) is 18.8 Å². The average Bonchev–Trinajstić information content (AvgIpc) is 2.49. The van der Waals surface area contributed by atoms with Crippen molar-refractivity contribution in [3.8, 4) is 0 Å². The van der Waals surface area contributed by atoms with Gasteiger partial charge in [0.2, 0.25) is 0 Å². The van der Waals surface area contributed by atoms with E-state index in [1.807, 2.05) is 6.92 Å². The molecule has 2 aliphatic rings. The molecule has 22 heavy (non-hydrogen) atoms. The number of carboxylic acid groups (broad SMARTS) is 1. The van der Waals surface area contributed by atoms with E-state index < -0.39 is 24.3 Å². The second-order valence-corrected chi connectivity index (χ2v) is 7.99. The molecule has 0 aromatic rings. The van der Waals surface area contributed by atoms with Crippen molar-refractivity contribution in [1.29, 1.82) is 0 Å². The van der Waals surface area contributed by atoms with Crippen molar-refractivity contribution in [2.24, 2.45) is 5.92 Å². The van der Waals surface area contributed by atoms with E-state index in [0.717, 1.165) is 25.7 Å². The van der Waals surface area contributed by atoms with Crippen molar-refractivity contribution in [3.05, 3.63) is 0 Å². The summed E-state index contributed by atoms with van der Waals surface area (Å²) in [5, 5.41) is 42.1. The zero-order valence-corrected chi connectivity index (χ0v) is 13.7. The summed E-state index contributed by atoms with van der Waals surface area (Å²) < 4.78 is 0. The Morgan fingerprint density at radius 1 is 1.14 bits per heavy atom. The fraction of sp³-hybridized carbons (Fsp3) is 0.933. The highest BCUT2D eigenvalue weighted by atomic mass is 32.2. The zero-order valence-electron chi connectivity index (χ0n) is 12.9. The molecule has 1 heterocycles. The molecule has 2 fully saturated rings. The van der Waals surface area contributed by atoms with Crippen LogP contribution in [-0.2, 0) is 4.79 Å². The predicted molar refractivity (Wildman–Crippen MR) is 84.9 cm³/mol. The Morgan fingerprint density at radius 2 is 1.82 bits per heavy atom. The van der Waals surface area contributed by atoms with Gasteiger partial charge in [0.05, 0.1) is 18.6 Å². The van der Waals surface area contributed by atoms with Crippen LogP contribution in [0.4, 0.5) is 0 Å². The molecular formula is C15H27NO5S. The summed E-state index contributed by atoms with van der Waals surface area (Å²) in [6.45, 7) is 2.29. The number of carbonyl (C=O) groups is 1. The Bertz CT molecular complexity index is 383. The van der Waals surface area contributed by atoms with E-state index in [0.29, 0.717) is 6.54 Å². The van der Waals surface area contributed by atoms with Gasteiger partial charge in [-0.3, -0.25) is 4.79 Å². The van der Waals surface area contributed by atoms with Gasteiger partial charge in [-0.2, -0.15) is 0 Å². The lowest BCUT2D eigenvalue weighted by molar-refractivity contribution is -0.136. The second-order valence-electron chi connectivity index (χ2n) is 6.43. The fourth-order valence-corrected chi connectivity index (χ4v) is 5.28. The fourth-order valence-electron chi connectivity index (χ4n) is 3.61. The summed E-state index contributed by atoms with van der Waals surface area (Å²) >= 11 is 1.54. The van der Waals surface area contributed by atoms with Gasteiger partial charge in [0.1, 0.15) is 6.10 Å². The van der Waals surface area contributed by atoms with Crippen LogP contribution in [0.25, 0.3) is 0 Å². The van der Waals surface area contributed by atoms with Crippen LogP contribution in [0.15, 0.2) is 0 Å². The smallest absolute Gasteiger partial charge is 0.304 e. The van der Waals surface area contributed by atoms with Crippen LogP contribution >= 0.6 is 11.8 Å². The Hall–Kier alpha value is -0.340. The van der Waals surface area contributed by atoms with E-state index in [2.05, 4.69) is 5.32 Å². The number of aliphatic hydroxyl groups is 3. The minimum atomic E-state index is -1.11. The maximum atomic E-state index is 10.7. The number of aliphatic carboxylic acids is 1. The molecule has 5 N–H and O–H groups in total. The summed E-state index contributed by atoms with van der Waals surface area (Å²) in [5.74, 6) is -0.633. The molecule has 0 aromatic carbocycles. The summed E-state index contributed by atoms with van der Waals surface area (Å²) in [4.78, 5) is 10.7. The SMILES string of the molecule is C[C@@H]1S[C@@H](C2CCCCC2NCCC(=O)O)[C@@H](O)[C@H](O)[C@@H]1O. The highest BCUT2D eigenvalue weighted by Gasteiger charge is 2.46. The normalized spacial score (nSPS) is 43.0. The number of hydrogen-bond acceptors (Lipinski definition) is 6. The molecule has 1 saturated carbocycles. The third-order valence-electron chi connectivity index (χ3n) is 4.88. The van der Waals surface area contributed by atoms with Crippen LogP contribution in [0.3, 0.4) is 0 Å². The molecule has 0 spiro atoms. The molecule has 1 aliphatic heterocycles. The first-order chi connectivity index (χ1) is 10.4. The Balaban J connectivity index is 2.01. The van der Waals surface area contributed by atoms with E-state index in [9.17, 15) is 20.1 Å². The van der Waals surface area contributed by atoms with Gasteiger partial charge in [0.25, 0.3) is 0 Å².